The number of hydrogen-bond acceptors (Lipinski definition) is 4. The van der Waals surface area contributed by atoms with Crippen molar-refractivity contribution in [3.8, 4) is 0 Å². The molecule has 0 spiro atoms. The molecular formula is C13H21N3O2. The first-order valence-corrected chi connectivity index (χ1v) is 6.62. The second-order valence-corrected chi connectivity index (χ2v) is 5.08. The topological polar surface area (TPSA) is 70.1 Å². The lowest BCUT2D eigenvalue weighted by molar-refractivity contribution is 0.0149. The number of carbonyl (C=O) groups is 1. The molecule has 1 heterocycles. The van der Waals surface area contributed by atoms with E-state index in [-0.39, 0.29) is 12.1 Å². The molecule has 0 amide bonds. The molecule has 0 aliphatic heterocycles. The van der Waals surface area contributed by atoms with Crippen molar-refractivity contribution >= 4 is 5.97 Å². The molecule has 1 saturated carbocycles. The van der Waals surface area contributed by atoms with Crippen LogP contribution in [0.2, 0.25) is 0 Å². The standard InChI is InChI=1S/C13H21N3O2/c1-10-3-2-4-11(7-10)18-13(17)12-8-16(6-5-14)9-15-12/h8-11H,2-7,14H2,1H3. The SMILES string of the molecule is CC1CCCC(OC(=O)c2cn(CCN)cn2)C1. The first-order valence-electron chi connectivity index (χ1n) is 6.62. The minimum absolute atomic E-state index is 0.0564. The maximum Gasteiger partial charge on any atom is 0.358 e. The summed E-state index contributed by atoms with van der Waals surface area (Å²) < 4.78 is 7.30. The van der Waals surface area contributed by atoms with Crippen LogP contribution in [0.5, 0.6) is 0 Å². The van der Waals surface area contributed by atoms with Gasteiger partial charge in [0, 0.05) is 19.3 Å². The molecule has 5 heteroatoms. The average molecular weight is 251 g/mol. The molecule has 0 saturated heterocycles. The summed E-state index contributed by atoms with van der Waals surface area (Å²) in [6.45, 7) is 3.40. The molecule has 2 unspecified atom stereocenters. The summed E-state index contributed by atoms with van der Waals surface area (Å²) in [5, 5.41) is 0. The van der Waals surface area contributed by atoms with Crippen molar-refractivity contribution in [1.82, 2.24) is 9.55 Å². The molecule has 100 valence electrons. The van der Waals surface area contributed by atoms with Crippen LogP contribution in [0.4, 0.5) is 0 Å². The summed E-state index contributed by atoms with van der Waals surface area (Å²) in [7, 11) is 0. The Morgan fingerprint density at radius 3 is 3.17 bits per heavy atom. The molecule has 0 aromatic carbocycles. The highest BCUT2D eigenvalue weighted by molar-refractivity contribution is 5.87. The quantitative estimate of drug-likeness (QED) is 0.825. The van der Waals surface area contributed by atoms with E-state index in [1.165, 1.54) is 6.42 Å². The molecule has 1 fully saturated rings. The molecule has 1 aromatic rings. The summed E-state index contributed by atoms with van der Waals surface area (Å²) in [6.07, 6.45) is 7.68. The summed E-state index contributed by atoms with van der Waals surface area (Å²) >= 11 is 0. The van der Waals surface area contributed by atoms with Gasteiger partial charge in [-0.3, -0.25) is 0 Å². The minimum Gasteiger partial charge on any atom is -0.458 e. The molecule has 1 aromatic heterocycles. The van der Waals surface area contributed by atoms with Gasteiger partial charge in [-0.25, -0.2) is 9.78 Å². The summed E-state index contributed by atoms with van der Waals surface area (Å²) in [5.74, 6) is 0.330. The minimum atomic E-state index is -0.315. The fraction of sp³-hybridized carbons (Fsp3) is 0.692. The Bertz CT molecular complexity index is 403. The number of hydrogen-bond donors (Lipinski definition) is 1. The number of carbonyl (C=O) groups excluding carboxylic acids is 1. The van der Waals surface area contributed by atoms with Crippen LogP contribution in [0.1, 0.15) is 43.1 Å². The van der Waals surface area contributed by atoms with Crippen LogP contribution in [0.25, 0.3) is 0 Å². The zero-order valence-electron chi connectivity index (χ0n) is 10.8. The first kappa shape index (κ1) is 13.1. The molecule has 1 aliphatic rings. The van der Waals surface area contributed by atoms with Crippen molar-refractivity contribution in [2.75, 3.05) is 6.54 Å². The highest BCUT2D eigenvalue weighted by atomic mass is 16.5. The fourth-order valence-corrected chi connectivity index (χ4v) is 2.43. The van der Waals surface area contributed by atoms with Crippen molar-refractivity contribution in [2.45, 2.75) is 45.3 Å². The number of ether oxygens (including phenoxy) is 1. The Morgan fingerprint density at radius 1 is 1.61 bits per heavy atom. The van der Waals surface area contributed by atoms with Gasteiger partial charge in [0.05, 0.1) is 6.33 Å². The Labute approximate surface area is 107 Å². The maximum absolute atomic E-state index is 11.9. The third-order valence-electron chi connectivity index (χ3n) is 3.39. The Morgan fingerprint density at radius 2 is 2.44 bits per heavy atom. The number of nitrogens with zero attached hydrogens (tertiary/aromatic N) is 2. The molecular weight excluding hydrogens is 230 g/mol. The predicted octanol–water partition coefficient (Wildman–Crippen LogP) is 1.58. The van der Waals surface area contributed by atoms with E-state index in [1.807, 2.05) is 0 Å². The van der Waals surface area contributed by atoms with Gasteiger partial charge in [0.2, 0.25) is 0 Å². The summed E-state index contributed by atoms with van der Waals surface area (Å²) in [6, 6.07) is 0. The maximum atomic E-state index is 11.9. The van der Waals surface area contributed by atoms with Crippen molar-refractivity contribution in [3.05, 3.63) is 18.2 Å². The number of aromatic nitrogens is 2. The number of imidazole rings is 1. The second kappa shape index (κ2) is 6.00. The second-order valence-electron chi connectivity index (χ2n) is 5.08. The van der Waals surface area contributed by atoms with Gasteiger partial charge >= 0.3 is 5.97 Å². The van der Waals surface area contributed by atoms with Gasteiger partial charge in [-0.05, 0) is 25.2 Å². The normalized spacial score (nSPS) is 23.9. The van der Waals surface area contributed by atoms with Crippen molar-refractivity contribution in [3.63, 3.8) is 0 Å². The van der Waals surface area contributed by atoms with Crippen LogP contribution in [0, 0.1) is 5.92 Å². The number of rotatable bonds is 4. The molecule has 2 atom stereocenters. The van der Waals surface area contributed by atoms with E-state index in [0.717, 1.165) is 19.3 Å². The molecule has 2 N–H and O–H groups in total. The molecule has 1 aliphatic carbocycles. The van der Waals surface area contributed by atoms with Crippen LogP contribution >= 0.6 is 0 Å². The molecule has 5 nitrogen and oxygen atoms in total. The predicted molar refractivity (Wildman–Crippen MR) is 68.1 cm³/mol. The average Bonchev–Trinajstić information content (AvgIpc) is 2.78. The van der Waals surface area contributed by atoms with Gasteiger partial charge in [-0.1, -0.05) is 13.3 Å². The Hall–Kier alpha value is -1.36. The molecule has 0 bridgehead atoms. The summed E-state index contributed by atoms with van der Waals surface area (Å²) in [5.41, 5.74) is 5.82. The van der Waals surface area contributed by atoms with Crippen LogP contribution in [-0.2, 0) is 11.3 Å². The smallest absolute Gasteiger partial charge is 0.358 e. The molecule has 2 rings (SSSR count). The van der Waals surface area contributed by atoms with Crippen LogP contribution in [0.3, 0.4) is 0 Å². The van der Waals surface area contributed by atoms with Gasteiger partial charge in [-0.2, -0.15) is 0 Å². The third kappa shape index (κ3) is 3.32. The highest BCUT2D eigenvalue weighted by Crippen LogP contribution is 2.26. The zero-order chi connectivity index (χ0) is 13.0. The van der Waals surface area contributed by atoms with Crippen molar-refractivity contribution in [2.24, 2.45) is 11.7 Å². The van der Waals surface area contributed by atoms with E-state index in [1.54, 1.807) is 17.1 Å². The van der Waals surface area contributed by atoms with Crippen LogP contribution < -0.4 is 5.73 Å². The van der Waals surface area contributed by atoms with Crippen LogP contribution in [-0.4, -0.2) is 28.2 Å². The largest absolute Gasteiger partial charge is 0.458 e. The number of esters is 1. The van der Waals surface area contributed by atoms with Crippen molar-refractivity contribution < 1.29 is 9.53 Å². The van der Waals surface area contributed by atoms with E-state index < -0.39 is 0 Å². The highest BCUT2D eigenvalue weighted by Gasteiger charge is 2.23. The lowest BCUT2D eigenvalue weighted by Crippen LogP contribution is -2.24. The lowest BCUT2D eigenvalue weighted by Gasteiger charge is -2.26. The van der Waals surface area contributed by atoms with Gasteiger partial charge in [-0.15, -0.1) is 0 Å². The van der Waals surface area contributed by atoms with Gasteiger partial charge in [0.1, 0.15) is 6.10 Å². The van der Waals surface area contributed by atoms with Gasteiger partial charge in [0.15, 0.2) is 5.69 Å². The number of nitrogens with two attached hydrogens (primary N) is 1. The van der Waals surface area contributed by atoms with E-state index >= 15 is 0 Å². The third-order valence-corrected chi connectivity index (χ3v) is 3.39. The van der Waals surface area contributed by atoms with Gasteiger partial charge < -0.3 is 15.0 Å². The summed E-state index contributed by atoms with van der Waals surface area (Å²) in [4.78, 5) is 16.0. The Kier molecular flexibility index (Phi) is 4.36. The van der Waals surface area contributed by atoms with Crippen LogP contribution in [0.15, 0.2) is 12.5 Å². The van der Waals surface area contributed by atoms with E-state index in [4.69, 9.17) is 10.5 Å². The first-order chi connectivity index (χ1) is 8.69. The van der Waals surface area contributed by atoms with E-state index in [9.17, 15) is 4.79 Å². The monoisotopic (exact) mass is 251 g/mol. The van der Waals surface area contributed by atoms with Crippen molar-refractivity contribution in [1.29, 1.82) is 0 Å². The zero-order valence-corrected chi connectivity index (χ0v) is 10.8. The molecule has 18 heavy (non-hydrogen) atoms. The van der Waals surface area contributed by atoms with E-state index in [0.29, 0.717) is 24.7 Å². The fourth-order valence-electron chi connectivity index (χ4n) is 2.43. The Balaban J connectivity index is 1.90. The lowest BCUT2D eigenvalue weighted by atomic mass is 9.89. The van der Waals surface area contributed by atoms with Gasteiger partial charge in [0.25, 0.3) is 0 Å². The molecule has 0 radical (unpaired) electrons. The van der Waals surface area contributed by atoms with E-state index in [2.05, 4.69) is 11.9 Å².